The van der Waals surface area contributed by atoms with Gasteiger partial charge in [0.2, 0.25) is 0 Å². The summed E-state index contributed by atoms with van der Waals surface area (Å²) in [4.78, 5) is 28.8. The topological polar surface area (TPSA) is 106 Å². The lowest BCUT2D eigenvalue weighted by molar-refractivity contribution is -0.139. The number of carboxylic acids is 1. The third-order valence-electron chi connectivity index (χ3n) is 8.15. The third-order valence-corrected chi connectivity index (χ3v) is 8.15. The number of piperidine rings is 1. The molecule has 4 heterocycles. The van der Waals surface area contributed by atoms with Gasteiger partial charge in [-0.05, 0) is 99.3 Å². The van der Waals surface area contributed by atoms with Crippen LogP contribution >= 0.6 is 0 Å². The lowest BCUT2D eigenvalue weighted by Gasteiger charge is -2.25. The first-order chi connectivity index (χ1) is 16.6. The Hall–Kier alpha value is -2.90. The molecule has 178 valence electrons. The van der Waals surface area contributed by atoms with Crippen molar-refractivity contribution >= 4 is 29.2 Å². The van der Waals surface area contributed by atoms with Gasteiger partial charge in [0.25, 0.3) is 5.91 Å². The summed E-state index contributed by atoms with van der Waals surface area (Å²) in [5.74, 6) is -0.539. The van der Waals surface area contributed by atoms with Crippen molar-refractivity contribution in [3.63, 3.8) is 0 Å². The van der Waals surface area contributed by atoms with Crippen molar-refractivity contribution in [1.29, 1.82) is 0 Å². The van der Waals surface area contributed by atoms with Crippen LogP contribution in [0, 0.1) is 0 Å². The van der Waals surface area contributed by atoms with Gasteiger partial charge in [-0.3, -0.25) is 9.59 Å². The quantitative estimate of drug-likeness (QED) is 0.450. The van der Waals surface area contributed by atoms with E-state index in [0.29, 0.717) is 18.0 Å². The van der Waals surface area contributed by atoms with E-state index >= 15 is 0 Å². The molecular formula is C27H32N4O3. The molecule has 1 aromatic carbocycles. The van der Waals surface area contributed by atoms with Crippen molar-refractivity contribution in [1.82, 2.24) is 15.6 Å². The largest absolute Gasteiger partial charge is 0.480 e. The Labute approximate surface area is 199 Å². The molecule has 0 bridgehead atoms. The molecule has 0 radical (unpaired) electrons. The summed E-state index contributed by atoms with van der Waals surface area (Å²) in [6.07, 6.45) is 9.13. The highest BCUT2D eigenvalue weighted by Crippen LogP contribution is 2.43. The number of nitrogens with one attached hydrogen (secondary N) is 4. The van der Waals surface area contributed by atoms with E-state index in [2.05, 4.69) is 27.0 Å². The number of amides is 1. The van der Waals surface area contributed by atoms with Gasteiger partial charge in [0.1, 0.15) is 6.04 Å². The van der Waals surface area contributed by atoms with Crippen LogP contribution in [-0.4, -0.2) is 47.6 Å². The second-order valence-corrected chi connectivity index (χ2v) is 10.1. The monoisotopic (exact) mass is 460 g/mol. The molecule has 2 atom stereocenters. The molecule has 6 rings (SSSR count). The van der Waals surface area contributed by atoms with E-state index in [9.17, 15) is 14.7 Å². The lowest BCUT2D eigenvalue weighted by Crippen LogP contribution is -2.34. The average molecular weight is 461 g/mol. The Kier molecular flexibility index (Phi) is 5.54. The smallest absolute Gasteiger partial charge is 0.321 e. The Morgan fingerprint density at radius 1 is 1.06 bits per heavy atom. The number of H-pyrrole nitrogens is 1. The zero-order valence-electron chi connectivity index (χ0n) is 19.4. The number of aromatic nitrogens is 1. The van der Waals surface area contributed by atoms with Crippen molar-refractivity contribution in [2.45, 2.75) is 62.8 Å². The van der Waals surface area contributed by atoms with Gasteiger partial charge in [-0.15, -0.1) is 0 Å². The van der Waals surface area contributed by atoms with E-state index in [0.717, 1.165) is 80.5 Å². The molecule has 7 heteroatoms. The molecule has 1 aromatic heterocycles. The van der Waals surface area contributed by atoms with Crippen LogP contribution in [0.15, 0.2) is 18.2 Å². The van der Waals surface area contributed by atoms with Crippen LogP contribution in [0.4, 0.5) is 5.69 Å². The fourth-order valence-corrected chi connectivity index (χ4v) is 6.58. The molecule has 2 fully saturated rings. The van der Waals surface area contributed by atoms with Crippen LogP contribution in [0.1, 0.15) is 77.6 Å². The molecular weight excluding hydrogens is 428 g/mol. The van der Waals surface area contributed by atoms with Crippen LogP contribution in [0.25, 0.3) is 11.6 Å². The highest BCUT2D eigenvalue weighted by atomic mass is 16.4. The summed E-state index contributed by atoms with van der Waals surface area (Å²) in [6, 6.07) is 5.61. The fourth-order valence-electron chi connectivity index (χ4n) is 6.58. The number of benzene rings is 1. The summed E-state index contributed by atoms with van der Waals surface area (Å²) >= 11 is 0. The van der Waals surface area contributed by atoms with E-state index in [1.807, 2.05) is 18.2 Å². The Bertz CT molecular complexity index is 1170. The minimum Gasteiger partial charge on any atom is -0.480 e. The maximum Gasteiger partial charge on any atom is 0.321 e. The number of aromatic amines is 1. The number of rotatable bonds is 4. The van der Waals surface area contributed by atoms with Crippen molar-refractivity contribution in [2.75, 3.05) is 25.0 Å². The Morgan fingerprint density at radius 2 is 1.88 bits per heavy atom. The van der Waals surface area contributed by atoms with Crippen molar-refractivity contribution < 1.29 is 14.7 Å². The highest BCUT2D eigenvalue weighted by molar-refractivity contribution is 6.35. The summed E-state index contributed by atoms with van der Waals surface area (Å²) in [5.41, 5.74) is 8.38. The average Bonchev–Trinajstić information content (AvgIpc) is 3.55. The Morgan fingerprint density at radius 3 is 2.71 bits per heavy atom. The molecule has 2 aromatic rings. The molecule has 34 heavy (non-hydrogen) atoms. The molecule has 1 aliphatic carbocycles. The number of aryl methyl sites for hydroxylation is 1. The first-order valence-corrected chi connectivity index (χ1v) is 12.7. The molecule has 0 saturated carbocycles. The SMILES string of the molecule is O=C1Nc2cccc(C3CCNCC3)c2C1=Cc1[nH]c2c(c1C1CCN[C@@H]1C(=O)O)CCCC2. The zero-order valence-corrected chi connectivity index (χ0v) is 19.4. The predicted octanol–water partition coefficient (Wildman–Crippen LogP) is 3.38. The molecule has 2 saturated heterocycles. The van der Waals surface area contributed by atoms with Crippen molar-refractivity contribution in [3.05, 3.63) is 51.8 Å². The molecule has 4 aliphatic rings. The van der Waals surface area contributed by atoms with Gasteiger partial charge in [-0.25, -0.2) is 0 Å². The third kappa shape index (κ3) is 3.58. The second-order valence-electron chi connectivity index (χ2n) is 10.1. The predicted molar refractivity (Wildman–Crippen MR) is 132 cm³/mol. The number of carbonyl (C=O) groups excluding carboxylic acids is 1. The first-order valence-electron chi connectivity index (χ1n) is 12.7. The van der Waals surface area contributed by atoms with Gasteiger partial charge in [0, 0.05) is 28.6 Å². The maximum atomic E-state index is 13.2. The van der Waals surface area contributed by atoms with Gasteiger partial charge in [-0.2, -0.15) is 0 Å². The summed E-state index contributed by atoms with van der Waals surface area (Å²) in [7, 11) is 0. The van der Waals surface area contributed by atoms with Gasteiger partial charge in [-0.1, -0.05) is 12.1 Å². The van der Waals surface area contributed by atoms with Gasteiger partial charge in [0.15, 0.2) is 0 Å². The number of aliphatic carboxylic acids is 1. The van der Waals surface area contributed by atoms with E-state index in [4.69, 9.17) is 0 Å². The molecule has 0 spiro atoms. The second kappa shape index (κ2) is 8.71. The van der Waals surface area contributed by atoms with Crippen LogP contribution in [0.3, 0.4) is 0 Å². The van der Waals surface area contributed by atoms with Crippen LogP contribution < -0.4 is 16.0 Å². The first kappa shape index (κ1) is 21.6. The molecule has 1 amide bonds. The molecule has 7 nitrogen and oxygen atoms in total. The van der Waals surface area contributed by atoms with Crippen LogP contribution in [-0.2, 0) is 22.4 Å². The molecule has 3 aliphatic heterocycles. The van der Waals surface area contributed by atoms with Crippen LogP contribution in [0.5, 0.6) is 0 Å². The number of hydrogen-bond donors (Lipinski definition) is 5. The lowest BCUT2D eigenvalue weighted by atomic mass is 9.83. The van der Waals surface area contributed by atoms with Crippen LogP contribution in [0.2, 0.25) is 0 Å². The number of anilines is 1. The summed E-state index contributed by atoms with van der Waals surface area (Å²) in [5, 5.41) is 19.6. The number of fused-ring (bicyclic) bond motifs is 2. The normalized spacial score (nSPS) is 25.9. The van der Waals surface area contributed by atoms with E-state index in [1.54, 1.807) is 0 Å². The van der Waals surface area contributed by atoms with E-state index < -0.39 is 12.0 Å². The van der Waals surface area contributed by atoms with Gasteiger partial charge in [0.05, 0.1) is 5.57 Å². The minimum atomic E-state index is -0.802. The summed E-state index contributed by atoms with van der Waals surface area (Å²) < 4.78 is 0. The molecule has 5 N–H and O–H groups in total. The summed E-state index contributed by atoms with van der Waals surface area (Å²) in [6.45, 7) is 2.68. The zero-order chi connectivity index (χ0) is 23.2. The van der Waals surface area contributed by atoms with Crippen molar-refractivity contribution in [2.24, 2.45) is 0 Å². The fraction of sp³-hybridized carbons (Fsp3) is 0.481. The van der Waals surface area contributed by atoms with Gasteiger partial charge < -0.3 is 26.0 Å². The van der Waals surface area contributed by atoms with E-state index in [1.165, 1.54) is 16.8 Å². The standard InChI is InChI=1S/C27H32N4O3/c32-26-19(23-16(5-3-7-21(23)31-26)15-8-11-28-12-9-15)14-22-24(17-4-1-2-6-20(17)30-22)18-10-13-29-25(18)27(33)34/h3,5,7,14-15,18,25,28-30H,1-2,4,6,8-13H2,(H,31,32)(H,33,34)/t18?,25-/m0/s1. The maximum absolute atomic E-state index is 13.2. The minimum absolute atomic E-state index is 0.0748. The van der Waals surface area contributed by atoms with Crippen molar-refractivity contribution in [3.8, 4) is 0 Å². The number of hydrogen-bond acceptors (Lipinski definition) is 4. The number of carboxylic acid groups (broad SMARTS) is 1. The molecule has 1 unspecified atom stereocenters. The van der Waals surface area contributed by atoms with E-state index in [-0.39, 0.29) is 11.8 Å². The highest BCUT2D eigenvalue weighted by Gasteiger charge is 2.38. The number of carbonyl (C=O) groups is 2. The Balaban J connectivity index is 1.48. The van der Waals surface area contributed by atoms with Gasteiger partial charge >= 0.3 is 5.97 Å².